The van der Waals surface area contributed by atoms with Crippen molar-refractivity contribution in [3.8, 4) is 0 Å². The minimum Gasteiger partial charge on any atom is -0.469 e. The summed E-state index contributed by atoms with van der Waals surface area (Å²) in [6.07, 6.45) is 0. The molecule has 0 aliphatic rings. The van der Waals surface area contributed by atoms with Crippen LogP contribution in [0.25, 0.3) is 0 Å². The van der Waals surface area contributed by atoms with Crippen molar-refractivity contribution in [2.24, 2.45) is 5.41 Å². The molecule has 0 fully saturated rings. The number of carbonyl (C=O) groups is 1. The minimum atomic E-state index is -0.513. The minimum absolute atomic E-state index is 0.182. The van der Waals surface area contributed by atoms with Crippen LogP contribution in [0.2, 0.25) is 0 Å². The largest absolute Gasteiger partial charge is 0.469 e. The average Bonchev–Trinajstić information content (AvgIpc) is 2.25. The van der Waals surface area contributed by atoms with Crippen LogP contribution in [0.1, 0.15) is 25.0 Å². The SMILES string of the molecule is COC(=O)C(C)(C)CN(C)c1cc(C)cc(C)c1. The van der Waals surface area contributed by atoms with Gasteiger partial charge in [0, 0.05) is 19.3 Å². The second kappa shape index (κ2) is 5.42. The molecule has 3 heteroatoms. The Morgan fingerprint density at radius 2 is 1.72 bits per heavy atom. The van der Waals surface area contributed by atoms with Crippen molar-refractivity contribution in [2.75, 3.05) is 25.6 Å². The van der Waals surface area contributed by atoms with Gasteiger partial charge in [-0.25, -0.2) is 0 Å². The lowest BCUT2D eigenvalue weighted by Gasteiger charge is -2.29. The molecule has 1 aromatic rings. The van der Waals surface area contributed by atoms with Gasteiger partial charge in [-0.1, -0.05) is 6.07 Å². The second-order valence-corrected chi connectivity index (χ2v) is 5.58. The molecule has 0 aliphatic heterocycles. The quantitative estimate of drug-likeness (QED) is 0.768. The van der Waals surface area contributed by atoms with Gasteiger partial charge in [0.05, 0.1) is 12.5 Å². The molecule has 0 saturated heterocycles. The summed E-state index contributed by atoms with van der Waals surface area (Å²) >= 11 is 0. The fourth-order valence-corrected chi connectivity index (χ4v) is 2.20. The molecule has 0 radical (unpaired) electrons. The maximum Gasteiger partial charge on any atom is 0.313 e. The highest BCUT2D eigenvalue weighted by Gasteiger charge is 2.30. The molecule has 1 aromatic carbocycles. The van der Waals surface area contributed by atoms with Gasteiger partial charge in [-0.3, -0.25) is 4.79 Å². The first kappa shape index (κ1) is 14.6. The lowest BCUT2D eigenvalue weighted by Crippen LogP contribution is -2.38. The number of carbonyl (C=O) groups excluding carboxylic acids is 1. The zero-order valence-corrected chi connectivity index (χ0v) is 12.2. The van der Waals surface area contributed by atoms with Gasteiger partial charge in [0.15, 0.2) is 0 Å². The summed E-state index contributed by atoms with van der Waals surface area (Å²) < 4.78 is 4.83. The van der Waals surface area contributed by atoms with E-state index in [9.17, 15) is 4.79 Å². The van der Waals surface area contributed by atoms with Crippen LogP contribution in [0.5, 0.6) is 0 Å². The van der Waals surface area contributed by atoms with Crippen molar-refractivity contribution in [3.05, 3.63) is 29.3 Å². The van der Waals surface area contributed by atoms with Crippen LogP contribution >= 0.6 is 0 Å². The number of aryl methyl sites for hydroxylation is 2. The third-order valence-electron chi connectivity index (χ3n) is 3.02. The highest BCUT2D eigenvalue weighted by Crippen LogP contribution is 2.24. The van der Waals surface area contributed by atoms with E-state index in [0.717, 1.165) is 5.69 Å². The second-order valence-electron chi connectivity index (χ2n) is 5.58. The Morgan fingerprint density at radius 1 is 1.22 bits per heavy atom. The number of nitrogens with zero attached hydrogens (tertiary/aromatic N) is 1. The Kier molecular flexibility index (Phi) is 4.38. The van der Waals surface area contributed by atoms with Crippen molar-refractivity contribution < 1.29 is 9.53 Å². The predicted molar refractivity (Wildman–Crippen MR) is 75.0 cm³/mol. The Balaban J connectivity index is 2.88. The number of hydrogen-bond donors (Lipinski definition) is 0. The van der Waals surface area contributed by atoms with Gasteiger partial charge in [-0.2, -0.15) is 0 Å². The van der Waals surface area contributed by atoms with E-state index in [0.29, 0.717) is 6.54 Å². The van der Waals surface area contributed by atoms with E-state index in [1.807, 2.05) is 20.9 Å². The van der Waals surface area contributed by atoms with E-state index < -0.39 is 5.41 Å². The topological polar surface area (TPSA) is 29.5 Å². The summed E-state index contributed by atoms with van der Waals surface area (Å²) in [5.41, 5.74) is 3.08. The average molecular weight is 249 g/mol. The summed E-state index contributed by atoms with van der Waals surface area (Å²) in [6.45, 7) is 8.59. The third kappa shape index (κ3) is 3.49. The summed E-state index contributed by atoms with van der Waals surface area (Å²) in [4.78, 5) is 13.8. The van der Waals surface area contributed by atoms with Gasteiger partial charge in [-0.05, 0) is 51.0 Å². The molecule has 18 heavy (non-hydrogen) atoms. The number of anilines is 1. The fourth-order valence-electron chi connectivity index (χ4n) is 2.20. The first-order chi connectivity index (χ1) is 8.26. The van der Waals surface area contributed by atoms with E-state index in [4.69, 9.17) is 4.74 Å². The third-order valence-corrected chi connectivity index (χ3v) is 3.02. The number of benzene rings is 1. The zero-order valence-electron chi connectivity index (χ0n) is 12.2. The lowest BCUT2D eigenvalue weighted by molar-refractivity contribution is -0.150. The molecule has 0 N–H and O–H groups in total. The first-order valence-corrected chi connectivity index (χ1v) is 6.14. The van der Waals surface area contributed by atoms with Crippen molar-refractivity contribution >= 4 is 11.7 Å². The molecule has 0 bridgehead atoms. The monoisotopic (exact) mass is 249 g/mol. The van der Waals surface area contributed by atoms with Crippen LogP contribution < -0.4 is 4.90 Å². The maximum absolute atomic E-state index is 11.7. The molecule has 0 amide bonds. The van der Waals surface area contributed by atoms with Gasteiger partial charge in [-0.15, -0.1) is 0 Å². The molecule has 0 aromatic heterocycles. The highest BCUT2D eigenvalue weighted by molar-refractivity contribution is 5.76. The van der Waals surface area contributed by atoms with Gasteiger partial charge in [0.2, 0.25) is 0 Å². The Bertz CT molecular complexity index is 418. The summed E-state index contributed by atoms with van der Waals surface area (Å²) in [7, 11) is 3.43. The molecular formula is C15H23NO2. The van der Waals surface area contributed by atoms with Gasteiger partial charge < -0.3 is 9.64 Å². The van der Waals surface area contributed by atoms with Crippen LogP contribution in [-0.4, -0.2) is 26.7 Å². The van der Waals surface area contributed by atoms with Gasteiger partial charge in [0.1, 0.15) is 0 Å². The van der Waals surface area contributed by atoms with E-state index in [2.05, 4.69) is 36.9 Å². The van der Waals surface area contributed by atoms with E-state index in [1.54, 1.807) is 0 Å². The van der Waals surface area contributed by atoms with Crippen molar-refractivity contribution in [3.63, 3.8) is 0 Å². The Labute approximate surface area is 110 Å². The molecule has 0 unspecified atom stereocenters. The maximum atomic E-state index is 11.7. The molecular weight excluding hydrogens is 226 g/mol. The highest BCUT2D eigenvalue weighted by atomic mass is 16.5. The molecule has 0 spiro atoms. The normalized spacial score (nSPS) is 11.2. The molecule has 0 aliphatic carbocycles. The van der Waals surface area contributed by atoms with Gasteiger partial charge in [0.25, 0.3) is 0 Å². The standard InChI is InChI=1S/C15H23NO2/c1-11-7-12(2)9-13(8-11)16(5)10-15(3,4)14(17)18-6/h7-9H,10H2,1-6H3. The van der Waals surface area contributed by atoms with Crippen LogP contribution in [0, 0.1) is 19.3 Å². The number of methoxy groups -OCH3 is 1. The summed E-state index contributed by atoms with van der Waals surface area (Å²) in [6, 6.07) is 6.39. The molecule has 0 saturated carbocycles. The van der Waals surface area contributed by atoms with Gasteiger partial charge >= 0.3 is 5.97 Å². The van der Waals surface area contributed by atoms with Crippen molar-refractivity contribution in [2.45, 2.75) is 27.7 Å². The number of hydrogen-bond acceptors (Lipinski definition) is 3. The Morgan fingerprint density at radius 3 is 2.17 bits per heavy atom. The fraction of sp³-hybridized carbons (Fsp3) is 0.533. The van der Waals surface area contributed by atoms with Crippen molar-refractivity contribution in [1.29, 1.82) is 0 Å². The molecule has 1 rings (SSSR count). The van der Waals surface area contributed by atoms with Crippen LogP contribution in [-0.2, 0) is 9.53 Å². The molecule has 100 valence electrons. The summed E-state index contributed by atoms with van der Waals surface area (Å²) in [5.74, 6) is -0.182. The lowest BCUT2D eigenvalue weighted by atomic mass is 9.93. The van der Waals surface area contributed by atoms with E-state index >= 15 is 0 Å². The summed E-state index contributed by atoms with van der Waals surface area (Å²) in [5, 5.41) is 0. The van der Waals surface area contributed by atoms with Crippen LogP contribution in [0.15, 0.2) is 18.2 Å². The van der Waals surface area contributed by atoms with E-state index in [-0.39, 0.29) is 5.97 Å². The van der Waals surface area contributed by atoms with E-state index in [1.165, 1.54) is 18.2 Å². The first-order valence-electron chi connectivity index (χ1n) is 6.14. The molecule has 0 atom stereocenters. The number of ether oxygens (including phenoxy) is 1. The van der Waals surface area contributed by atoms with Crippen molar-refractivity contribution in [1.82, 2.24) is 0 Å². The zero-order chi connectivity index (χ0) is 13.9. The number of esters is 1. The molecule has 3 nitrogen and oxygen atoms in total. The predicted octanol–water partition coefficient (Wildman–Crippen LogP) is 2.94. The number of rotatable bonds is 4. The van der Waals surface area contributed by atoms with Crippen LogP contribution in [0.4, 0.5) is 5.69 Å². The smallest absolute Gasteiger partial charge is 0.313 e. The van der Waals surface area contributed by atoms with Crippen LogP contribution in [0.3, 0.4) is 0 Å². The molecule has 0 heterocycles. The Hall–Kier alpha value is -1.51.